The Morgan fingerprint density at radius 3 is 2.68 bits per heavy atom. The summed E-state index contributed by atoms with van der Waals surface area (Å²) in [7, 11) is 0. The van der Waals surface area contributed by atoms with E-state index in [1.807, 2.05) is 30.5 Å². The van der Waals surface area contributed by atoms with Gasteiger partial charge in [-0.05, 0) is 47.5 Å². The summed E-state index contributed by atoms with van der Waals surface area (Å²) in [5.41, 5.74) is 4.16. The van der Waals surface area contributed by atoms with Gasteiger partial charge in [0.05, 0.1) is 27.0 Å². The van der Waals surface area contributed by atoms with Gasteiger partial charge in [-0.3, -0.25) is 14.5 Å². The van der Waals surface area contributed by atoms with Gasteiger partial charge in [-0.2, -0.15) is 0 Å². The highest BCUT2D eigenvalue weighted by Crippen LogP contribution is 2.35. The third-order valence-electron chi connectivity index (χ3n) is 5.14. The minimum atomic E-state index is -0.357. The SMILES string of the molecule is C#CCN1C(=O)S/C(=C\c2cn(Cc3ccc(Cl)c(Cl)c3)c3c(CC)cccc23)C1=O. The molecule has 0 bridgehead atoms. The number of aromatic nitrogens is 1. The van der Waals surface area contributed by atoms with E-state index < -0.39 is 0 Å². The maximum Gasteiger partial charge on any atom is 0.294 e. The van der Waals surface area contributed by atoms with Crippen molar-refractivity contribution in [2.45, 2.75) is 19.9 Å². The van der Waals surface area contributed by atoms with Gasteiger partial charge in [-0.25, -0.2) is 0 Å². The Labute approximate surface area is 194 Å². The third-order valence-corrected chi connectivity index (χ3v) is 6.79. The number of hydrogen-bond acceptors (Lipinski definition) is 3. The zero-order valence-electron chi connectivity index (χ0n) is 16.7. The molecule has 4 nitrogen and oxygen atoms in total. The minimum Gasteiger partial charge on any atom is -0.342 e. The van der Waals surface area contributed by atoms with Gasteiger partial charge in [0.2, 0.25) is 0 Å². The fourth-order valence-electron chi connectivity index (χ4n) is 3.69. The number of benzene rings is 2. The molecule has 0 radical (unpaired) electrons. The Bertz CT molecular complexity index is 1290. The first kappa shape index (κ1) is 21.6. The second-order valence-corrected chi connectivity index (χ2v) is 8.91. The second-order valence-electron chi connectivity index (χ2n) is 7.10. The standard InChI is InChI=1S/C24H18Cl2N2O2S/c1-3-10-28-23(29)21(31-24(28)30)12-17-14-27(13-15-8-9-19(25)20(26)11-15)22-16(4-2)6-5-7-18(17)22/h1,5-9,11-12,14H,4,10,13H2,2H3/b21-12-. The van der Waals surface area contributed by atoms with Crippen LogP contribution in [-0.4, -0.2) is 27.2 Å². The van der Waals surface area contributed by atoms with E-state index in [1.165, 1.54) is 5.56 Å². The summed E-state index contributed by atoms with van der Waals surface area (Å²) >= 11 is 13.2. The van der Waals surface area contributed by atoms with Gasteiger partial charge in [0.15, 0.2) is 0 Å². The lowest BCUT2D eigenvalue weighted by Gasteiger charge is -2.09. The average Bonchev–Trinajstić information content (AvgIpc) is 3.23. The molecule has 1 saturated heterocycles. The topological polar surface area (TPSA) is 42.3 Å². The summed E-state index contributed by atoms with van der Waals surface area (Å²) in [6, 6.07) is 11.7. The van der Waals surface area contributed by atoms with Gasteiger partial charge in [-0.15, -0.1) is 6.42 Å². The van der Waals surface area contributed by atoms with Crippen molar-refractivity contribution < 1.29 is 9.59 Å². The van der Waals surface area contributed by atoms with E-state index in [2.05, 4.69) is 23.5 Å². The lowest BCUT2D eigenvalue weighted by atomic mass is 10.1. The van der Waals surface area contributed by atoms with E-state index >= 15 is 0 Å². The van der Waals surface area contributed by atoms with Gasteiger partial charge in [0.1, 0.15) is 0 Å². The molecule has 1 fully saturated rings. The second kappa shape index (κ2) is 8.84. The smallest absolute Gasteiger partial charge is 0.294 e. The van der Waals surface area contributed by atoms with Crippen molar-refractivity contribution in [2.75, 3.05) is 6.54 Å². The fraction of sp³-hybridized carbons (Fsp3) is 0.167. The molecule has 7 heteroatoms. The van der Waals surface area contributed by atoms with Crippen molar-refractivity contribution in [1.82, 2.24) is 9.47 Å². The molecule has 31 heavy (non-hydrogen) atoms. The van der Waals surface area contributed by atoms with E-state index in [0.717, 1.165) is 45.1 Å². The zero-order chi connectivity index (χ0) is 22.1. The third kappa shape index (κ3) is 4.12. The minimum absolute atomic E-state index is 0.0267. The number of nitrogens with zero attached hydrogens (tertiary/aromatic N) is 2. The van der Waals surface area contributed by atoms with Crippen LogP contribution >= 0.6 is 35.0 Å². The number of aryl methyl sites for hydroxylation is 1. The highest BCUT2D eigenvalue weighted by molar-refractivity contribution is 8.18. The molecule has 0 unspecified atom stereocenters. The number of thioether (sulfide) groups is 1. The van der Waals surface area contributed by atoms with Gasteiger partial charge in [0.25, 0.3) is 11.1 Å². The maximum atomic E-state index is 12.6. The number of carbonyl (C=O) groups is 2. The van der Waals surface area contributed by atoms with Gasteiger partial charge >= 0.3 is 0 Å². The summed E-state index contributed by atoms with van der Waals surface area (Å²) < 4.78 is 2.14. The Morgan fingerprint density at radius 1 is 1.16 bits per heavy atom. The fourth-order valence-corrected chi connectivity index (χ4v) is 4.84. The molecule has 1 aliphatic heterocycles. The molecule has 1 aromatic heterocycles. The van der Waals surface area contributed by atoms with Gasteiger partial charge < -0.3 is 4.57 Å². The van der Waals surface area contributed by atoms with Crippen LogP contribution in [0.15, 0.2) is 47.5 Å². The highest BCUT2D eigenvalue weighted by atomic mass is 35.5. The summed E-state index contributed by atoms with van der Waals surface area (Å²) in [5, 5.41) is 1.69. The molecule has 4 rings (SSSR count). The number of terminal acetylenes is 1. The van der Waals surface area contributed by atoms with Gasteiger partial charge in [0, 0.05) is 23.7 Å². The monoisotopic (exact) mass is 468 g/mol. The van der Waals surface area contributed by atoms with E-state index in [-0.39, 0.29) is 17.7 Å². The molecule has 0 aliphatic carbocycles. The lowest BCUT2D eigenvalue weighted by Crippen LogP contribution is -2.28. The first-order chi connectivity index (χ1) is 14.9. The Kier molecular flexibility index (Phi) is 6.15. The number of carbonyl (C=O) groups excluding carboxylic acids is 2. The maximum absolute atomic E-state index is 12.6. The van der Waals surface area contributed by atoms with E-state index in [1.54, 1.807) is 12.1 Å². The van der Waals surface area contributed by atoms with Crippen LogP contribution in [0.2, 0.25) is 10.0 Å². The zero-order valence-corrected chi connectivity index (χ0v) is 19.0. The van der Waals surface area contributed by atoms with Crippen LogP contribution in [0.1, 0.15) is 23.6 Å². The Balaban J connectivity index is 1.80. The first-order valence-electron chi connectivity index (χ1n) is 9.66. The van der Waals surface area contributed by atoms with Crippen LogP contribution in [0, 0.1) is 12.3 Å². The van der Waals surface area contributed by atoms with Crippen molar-refractivity contribution in [3.63, 3.8) is 0 Å². The van der Waals surface area contributed by atoms with Crippen molar-refractivity contribution in [3.05, 3.63) is 74.2 Å². The van der Waals surface area contributed by atoms with Crippen LogP contribution < -0.4 is 0 Å². The summed E-state index contributed by atoms with van der Waals surface area (Å²) in [4.78, 5) is 26.2. The molecule has 2 aromatic carbocycles. The van der Waals surface area contributed by atoms with Crippen LogP contribution in [0.3, 0.4) is 0 Å². The van der Waals surface area contributed by atoms with Crippen molar-refractivity contribution >= 4 is 63.1 Å². The quantitative estimate of drug-likeness (QED) is 0.329. The number of fused-ring (bicyclic) bond motifs is 1. The van der Waals surface area contributed by atoms with Crippen molar-refractivity contribution in [1.29, 1.82) is 0 Å². The van der Waals surface area contributed by atoms with E-state index in [4.69, 9.17) is 29.6 Å². The normalized spacial score (nSPS) is 15.3. The predicted molar refractivity (Wildman–Crippen MR) is 128 cm³/mol. The summed E-state index contributed by atoms with van der Waals surface area (Å²) in [6.45, 7) is 2.67. The van der Waals surface area contributed by atoms with Crippen LogP contribution in [-0.2, 0) is 17.8 Å². The highest BCUT2D eigenvalue weighted by Gasteiger charge is 2.34. The predicted octanol–water partition coefficient (Wildman–Crippen LogP) is 6.23. The Hall–Kier alpha value is -2.65. The average molecular weight is 469 g/mol. The lowest BCUT2D eigenvalue weighted by molar-refractivity contribution is -0.122. The molecular weight excluding hydrogens is 451 g/mol. The number of hydrogen-bond donors (Lipinski definition) is 0. The molecule has 1 aliphatic rings. The molecule has 0 spiro atoms. The largest absolute Gasteiger partial charge is 0.342 e. The molecule has 3 aromatic rings. The Morgan fingerprint density at radius 2 is 1.97 bits per heavy atom. The molecule has 0 atom stereocenters. The molecule has 0 N–H and O–H groups in total. The van der Waals surface area contributed by atoms with Crippen molar-refractivity contribution in [2.24, 2.45) is 0 Å². The number of rotatable bonds is 5. The van der Waals surface area contributed by atoms with Crippen LogP contribution in [0.5, 0.6) is 0 Å². The number of imide groups is 1. The number of amides is 2. The van der Waals surface area contributed by atoms with Crippen LogP contribution in [0.25, 0.3) is 17.0 Å². The first-order valence-corrected chi connectivity index (χ1v) is 11.2. The van der Waals surface area contributed by atoms with E-state index in [9.17, 15) is 9.59 Å². The molecule has 2 amide bonds. The summed E-state index contributed by atoms with van der Waals surface area (Å²) in [5.74, 6) is 2.00. The van der Waals surface area contributed by atoms with Crippen LogP contribution in [0.4, 0.5) is 4.79 Å². The van der Waals surface area contributed by atoms with Gasteiger partial charge in [-0.1, -0.05) is 60.3 Å². The number of para-hydroxylation sites is 1. The molecule has 2 heterocycles. The van der Waals surface area contributed by atoms with Crippen molar-refractivity contribution in [3.8, 4) is 12.3 Å². The molecule has 0 saturated carbocycles. The molecule has 156 valence electrons. The number of halogens is 2. The van der Waals surface area contributed by atoms with E-state index in [0.29, 0.717) is 21.5 Å². The summed E-state index contributed by atoms with van der Waals surface area (Å²) in [6.07, 6.45) is 9.92. The molecular formula is C24H18Cl2N2O2S.